The average molecular weight is 285 g/mol. The number of hydrogen-bond donors (Lipinski definition) is 3. The van der Waals surface area contributed by atoms with E-state index in [1.165, 1.54) is 19.3 Å². The van der Waals surface area contributed by atoms with Crippen LogP contribution in [0.3, 0.4) is 0 Å². The van der Waals surface area contributed by atoms with Crippen LogP contribution in [0.2, 0.25) is 0 Å². The van der Waals surface area contributed by atoms with E-state index in [9.17, 15) is 4.79 Å². The molecular formula is C15H31N3O2. The summed E-state index contributed by atoms with van der Waals surface area (Å²) in [5, 5.41) is 9.88. The van der Waals surface area contributed by atoms with Crippen molar-refractivity contribution in [1.82, 2.24) is 16.0 Å². The summed E-state index contributed by atoms with van der Waals surface area (Å²) in [7, 11) is 0. The van der Waals surface area contributed by atoms with Crippen molar-refractivity contribution >= 4 is 6.09 Å². The number of nitrogens with one attached hydrogen (secondary N) is 3. The molecule has 1 amide bonds. The molecule has 0 spiro atoms. The van der Waals surface area contributed by atoms with Crippen molar-refractivity contribution in [2.24, 2.45) is 0 Å². The third-order valence-corrected chi connectivity index (χ3v) is 3.45. The minimum absolute atomic E-state index is 0.297. The molecule has 3 N–H and O–H groups in total. The smallest absolute Gasteiger partial charge is 0.407 e. The SMILES string of the molecule is CCC(CNC(=O)OC(C)(C)C)NCC1CCCCN1. The number of alkyl carbamates (subject to hydrolysis) is 1. The molecule has 1 heterocycles. The molecule has 1 aliphatic heterocycles. The number of hydrogen-bond acceptors (Lipinski definition) is 4. The number of ether oxygens (including phenoxy) is 1. The normalized spacial score (nSPS) is 21.3. The van der Waals surface area contributed by atoms with Gasteiger partial charge in [-0.05, 0) is 46.6 Å². The molecule has 0 bridgehead atoms. The molecule has 1 aliphatic rings. The van der Waals surface area contributed by atoms with Crippen molar-refractivity contribution in [2.75, 3.05) is 19.6 Å². The Hall–Kier alpha value is -0.810. The van der Waals surface area contributed by atoms with Crippen LogP contribution in [-0.2, 0) is 4.74 Å². The average Bonchev–Trinajstić information content (AvgIpc) is 2.38. The van der Waals surface area contributed by atoms with Crippen LogP contribution in [0.1, 0.15) is 53.4 Å². The van der Waals surface area contributed by atoms with Crippen molar-refractivity contribution in [3.63, 3.8) is 0 Å². The van der Waals surface area contributed by atoms with Crippen molar-refractivity contribution in [2.45, 2.75) is 71.1 Å². The van der Waals surface area contributed by atoms with E-state index in [0.29, 0.717) is 18.6 Å². The van der Waals surface area contributed by atoms with Gasteiger partial charge in [-0.2, -0.15) is 0 Å². The van der Waals surface area contributed by atoms with E-state index < -0.39 is 5.60 Å². The molecule has 0 aromatic rings. The second-order valence-electron chi connectivity index (χ2n) is 6.54. The first kappa shape index (κ1) is 17.2. The zero-order chi connectivity index (χ0) is 15.0. The Kier molecular flexibility index (Phi) is 7.30. The second kappa shape index (κ2) is 8.47. The Morgan fingerprint density at radius 1 is 1.40 bits per heavy atom. The molecule has 0 aromatic heterocycles. The molecule has 1 saturated heterocycles. The summed E-state index contributed by atoms with van der Waals surface area (Å²) in [5.41, 5.74) is -0.439. The lowest BCUT2D eigenvalue weighted by molar-refractivity contribution is 0.0522. The summed E-state index contributed by atoms with van der Waals surface area (Å²) in [6.07, 6.45) is 4.49. The van der Waals surface area contributed by atoms with Gasteiger partial charge in [-0.15, -0.1) is 0 Å². The van der Waals surface area contributed by atoms with Crippen LogP contribution in [-0.4, -0.2) is 43.4 Å². The van der Waals surface area contributed by atoms with E-state index in [2.05, 4.69) is 22.9 Å². The molecule has 2 atom stereocenters. The largest absolute Gasteiger partial charge is 0.444 e. The van der Waals surface area contributed by atoms with Gasteiger partial charge in [0.25, 0.3) is 0 Å². The lowest BCUT2D eigenvalue weighted by Crippen LogP contribution is -2.48. The Labute approximate surface area is 123 Å². The monoisotopic (exact) mass is 285 g/mol. The quantitative estimate of drug-likeness (QED) is 0.699. The fourth-order valence-electron chi connectivity index (χ4n) is 2.29. The first-order valence-corrected chi connectivity index (χ1v) is 7.84. The highest BCUT2D eigenvalue weighted by atomic mass is 16.6. The van der Waals surface area contributed by atoms with Crippen molar-refractivity contribution < 1.29 is 9.53 Å². The zero-order valence-corrected chi connectivity index (χ0v) is 13.4. The molecule has 20 heavy (non-hydrogen) atoms. The maximum absolute atomic E-state index is 11.6. The topological polar surface area (TPSA) is 62.4 Å². The first-order valence-electron chi connectivity index (χ1n) is 7.84. The molecule has 5 heteroatoms. The maximum atomic E-state index is 11.6. The number of amides is 1. The highest BCUT2D eigenvalue weighted by molar-refractivity contribution is 5.67. The molecule has 0 aliphatic carbocycles. The molecule has 2 unspecified atom stereocenters. The van der Waals surface area contributed by atoms with Gasteiger partial charge < -0.3 is 20.7 Å². The summed E-state index contributed by atoms with van der Waals surface area (Å²) >= 11 is 0. The minimum atomic E-state index is -0.439. The zero-order valence-electron chi connectivity index (χ0n) is 13.4. The number of carbonyl (C=O) groups excluding carboxylic acids is 1. The van der Waals surface area contributed by atoms with Crippen LogP contribution in [0.25, 0.3) is 0 Å². The molecule has 0 radical (unpaired) electrons. The Morgan fingerprint density at radius 2 is 2.15 bits per heavy atom. The fourth-order valence-corrected chi connectivity index (χ4v) is 2.29. The molecule has 0 saturated carbocycles. The van der Waals surface area contributed by atoms with Gasteiger partial charge in [0, 0.05) is 25.2 Å². The highest BCUT2D eigenvalue weighted by Gasteiger charge is 2.18. The summed E-state index contributed by atoms with van der Waals surface area (Å²) in [5.74, 6) is 0. The Balaban J connectivity index is 2.20. The summed E-state index contributed by atoms with van der Waals surface area (Å²) < 4.78 is 5.24. The third-order valence-electron chi connectivity index (χ3n) is 3.45. The van der Waals surface area contributed by atoms with Crippen molar-refractivity contribution in [1.29, 1.82) is 0 Å². The van der Waals surface area contributed by atoms with Crippen LogP contribution in [0.4, 0.5) is 4.79 Å². The highest BCUT2D eigenvalue weighted by Crippen LogP contribution is 2.07. The number of carbonyl (C=O) groups is 1. The molecule has 1 rings (SSSR count). The van der Waals surface area contributed by atoms with Gasteiger partial charge >= 0.3 is 6.09 Å². The van der Waals surface area contributed by atoms with Crippen LogP contribution in [0.5, 0.6) is 0 Å². The van der Waals surface area contributed by atoms with Gasteiger partial charge in [-0.3, -0.25) is 0 Å². The summed E-state index contributed by atoms with van der Waals surface area (Å²) in [6.45, 7) is 10.4. The van der Waals surface area contributed by atoms with Crippen molar-refractivity contribution in [3.8, 4) is 0 Å². The van der Waals surface area contributed by atoms with Gasteiger partial charge in [0.2, 0.25) is 0 Å². The Morgan fingerprint density at radius 3 is 2.70 bits per heavy atom. The van der Waals surface area contributed by atoms with Crippen molar-refractivity contribution in [3.05, 3.63) is 0 Å². The molecule has 1 fully saturated rings. The number of piperidine rings is 1. The van der Waals surface area contributed by atoms with E-state index in [1.807, 2.05) is 20.8 Å². The van der Waals surface area contributed by atoms with E-state index in [0.717, 1.165) is 19.5 Å². The predicted molar refractivity (Wildman–Crippen MR) is 82.0 cm³/mol. The summed E-state index contributed by atoms with van der Waals surface area (Å²) in [6, 6.07) is 0.866. The molecule has 5 nitrogen and oxygen atoms in total. The van der Waals surface area contributed by atoms with Crippen LogP contribution in [0, 0.1) is 0 Å². The van der Waals surface area contributed by atoms with Crippen LogP contribution >= 0.6 is 0 Å². The first-order chi connectivity index (χ1) is 9.40. The van der Waals surface area contributed by atoms with E-state index in [-0.39, 0.29) is 6.09 Å². The number of rotatable bonds is 6. The standard InChI is InChI=1S/C15H31N3O2/c1-5-12(10-18-14(19)20-15(2,3)4)17-11-13-8-6-7-9-16-13/h12-13,16-17H,5-11H2,1-4H3,(H,18,19). The van der Waals surface area contributed by atoms with Gasteiger partial charge in [-0.1, -0.05) is 13.3 Å². The van der Waals surface area contributed by atoms with Gasteiger partial charge in [-0.25, -0.2) is 4.79 Å². The van der Waals surface area contributed by atoms with Gasteiger partial charge in [0.15, 0.2) is 0 Å². The minimum Gasteiger partial charge on any atom is -0.444 e. The van der Waals surface area contributed by atoms with Gasteiger partial charge in [0.1, 0.15) is 5.60 Å². The summed E-state index contributed by atoms with van der Waals surface area (Å²) in [4.78, 5) is 11.6. The maximum Gasteiger partial charge on any atom is 0.407 e. The van der Waals surface area contributed by atoms with E-state index >= 15 is 0 Å². The van der Waals surface area contributed by atoms with Crippen LogP contribution in [0.15, 0.2) is 0 Å². The lowest BCUT2D eigenvalue weighted by Gasteiger charge is -2.27. The molecular weight excluding hydrogens is 254 g/mol. The second-order valence-corrected chi connectivity index (χ2v) is 6.54. The molecule has 0 aromatic carbocycles. The van der Waals surface area contributed by atoms with Crippen LogP contribution < -0.4 is 16.0 Å². The Bertz CT molecular complexity index is 283. The van der Waals surface area contributed by atoms with E-state index in [4.69, 9.17) is 4.74 Å². The molecule has 118 valence electrons. The van der Waals surface area contributed by atoms with Gasteiger partial charge in [0.05, 0.1) is 0 Å². The lowest BCUT2D eigenvalue weighted by atomic mass is 10.0. The third kappa shape index (κ3) is 7.70. The predicted octanol–water partition coefficient (Wildman–Crippen LogP) is 2.02. The fraction of sp³-hybridized carbons (Fsp3) is 0.933. The van der Waals surface area contributed by atoms with E-state index in [1.54, 1.807) is 0 Å².